The number of aryl methyl sites for hydroxylation is 1. The Hall–Kier alpha value is -2.73. The van der Waals surface area contributed by atoms with Crippen LogP contribution in [-0.4, -0.2) is 45.0 Å². The van der Waals surface area contributed by atoms with E-state index in [0.717, 1.165) is 48.7 Å². The standard InChI is InChI=1S/C20H23N5O/c1-15-5-4-6-17(13-15)21-19(26)14-24-11-8-16(9-12-24)20-23-22-18-7-2-3-10-25(18)20/h2-7,10,13,16H,8-9,11-12,14H2,1H3,(H,21,26). The number of carbonyl (C=O) groups excluding carboxylic acids is 1. The molecule has 0 unspecified atom stereocenters. The van der Waals surface area contributed by atoms with E-state index in [1.165, 1.54) is 0 Å². The van der Waals surface area contributed by atoms with E-state index >= 15 is 0 Å². The normalized spacial score (nSPS) is 16.0. The highest BCUT2D eigenvalue weighted by Gasteiger charge is 2.25. The lowest BCUT2D eigenvalue weighted by Crippen LogP contribution is -2.39. The molecule has 2 aromatic heterocycles. The van der Waals surface area contributed by atoms with Crippen LogP contribution in [0.5, 0.6) is 0 Å². The van der Waals surface area contributed by atoms with E-state index < -0.39 is 0 Å². The highest BCUT2D eigenvalue weighted by atomic mass is 16.2. The number of nitrogens with one attached hydrogen (secondary N) is 1. The Morgan fingerprint density at radius 3 is 2.81 bits per heavy atom. The number of rotatable bonds is 4. The van der Waals surface area contributed by atoms with Crippen molar-refractivity contribution < 1.29 is 4.79 Å². The second-order valence-electron chi connectivity index (χ2n) is 6.96. The van der Waals surface area contributed by atoms with E-state index in [4.69, 9.17) is 0 Å². The van der Waals surface area contributed by atoms with E-state index in [9.17, 15) is 4.79 Å². The molecular formula is C20H23N5O. The molecule has 6 heteroatoms. The molecule has 4 rings (SSSR count). The first-order valence-corrected chi connectivity index (χ1v) is 9.07. The van der Waals surface area contributed by atoms with Crippen LogP contribution in [-0.2, 0) is 4.79 Å². The lowest BCUT2D eigenvalue weighted by molar-refractivity contribution is -0.117. The molecule has 134 valence electrons. The summed E-state index contributed by atoms with van der Waals surface area (Å²) in [6.07, 6.45) is 4.01. The zero-order valence-electron chi connectivity index (χ0n) is 14.9. The molecule has 3 heterocycles. The van der Waals surface area contributed by atoms with Gasteiger partial charge in [-0.2, -0.15) is 0 Å². The molecule has 3 aromatic rings. The Bertz CT molecular complexity index is 911. The van der Waals surface area contributed by atoms with Crippen LogP contribution < -0.4 is 5.32 Å². The number of amides is 1. The minimum atomic E-state index is 0.0435. The van der Waals surface area contributed by atoms with Crippen LogP contribution in [0.3, 0.4) is 0 Å². The number of hydrogen-bond donors (Lipinski definition) is 1. The van der Waals surface area contributed by atoms with Crippen molar-refractivity contribution >= 4 is 17.2 Å². The predicted octanol–water partition coefficient (Wildman–Crippen LogP) is 2.86. The zero-order valence-corrected chi connectivity index (χ0v) is 14.9. The van der Waals surface area contributed by atoms with Gasteiger partial charge in [0.05, 0.1) is 6.54 Å². The second kappa shape index (κ2) is 7.25. The van der Waals surface area contributed by atoms with Gasteiger partial charge in [0.1, 0.15) is 5.82 Å². The third kappa shape index (κ3) is 3.60. The maximum Gasteiger partial charge on any atom is 0.238 e. The van der Waals surface area contributed by atoms with Gasteiger partial charge in [-0.25, -0.2) is 0 Å². The Kier molecular flexibility index (Phi) is 4.67. The summed E-state index contributed by atoms with van der Waals surface area (Å²) in [5.41, 5.74) is 2.89. The average Bonchev–Trinajstić information content (AvgIpc) is 3.06. The van der Waals surface area contributed by atoms with E-state index in [1.54, 1.807) is 0 Å². The number of piperidine rings is 1. The van der Waals surface area contributed by atoms with Crippen LogP contribution in [0.2, 0.25) is 0 Å². The highest BCUT2D eigenvalue weighted by molar-refractivity contribution is 5.92. The topological polar surface area (TPSA) is 62.5 Å². The second-order valence-corrected chi connectivity index (χ2v) is 6.96. The van der Waals surface area contributed by atoms with E-state index in [2.05, 4.69) is 24.8 Å². The summed E-state index contributed by atoms with van der Waals surface area (Å²) >= 11 is 0. The lowest BCUT2D eigenvalue weighted by Gasteiger charge is -2.30. The molecule has 1 aliphatic rings. The molecule has 0 atom stereocenters. The monoisotopic (exact) mass is 349 g/mol. The Balaban J connectivity index is 1.33. The molecule has 26 heavy (non-hydrogen) atoms. The van der Waals surface area contributed by atoms with Crippen molar-refractivity contribution in [1.29, 1.82) is 0 Å². The fourth-order valence-corrected chi connectivity index (χ4v) is 3.61. The van der Waals surface area contributed by atoms with E-state index in [1.807, 2.05) is 55.6 Å². The van der Waals surface area contributed by atoms with Gasteiger partial charge in [-0.1, -0.05) is 18.2 Å². The summed E-state index contributed by atoms with van der Waals surface area (Å²) in [4.78, 5) is 14.5. The fourth-order valence-electron chi connectivity index (χ4n) is 3.61. The summed E-state index contributed by atoms with van der Waals surface area (Å²) in [7, 11) is 0. The van der Waals surface area contributed by atoms with Crippen molar-refractivity contribution in [2.45, 2.75) is 25.7 Å². The van der Waals surface area contributed by atoms with Crippen molar-refractivity contribution in [3.63, 3.8) is 0 Å². The van der Waals surface area contributed by atoms with Gasteiger partial charge >= 0.3 is 0 Å². The third-order valence-corrected chi connectivity index (χ3v) is 4.96. The number of aromatic nitrogens is 3. The molecule has 0 spiro atoms. The number of nitrogens with zero attached hydrogens (tertiary/aromatic N) is 4. The predicted molar refractivity (Wildman–Crippen MR) is 101 cm³/mol. The summed E-state index contributed by atoms with van der Waals surface area (Å²) in [6.45, 7) is 4.25. The van der Waals surface area contributed by atoms with Crippen LogP contribution in [0, 0.1) is 6.92 Å². The van der Waals surface area contributed by atoms with Crippen LogP contribution in [0.25, 0.3) is 5.65 Å². The molecule has 1 aromatic carbocycles. The quantitative estimate of drug-likeness (QED) is 0.787. The molecule has 1 amide bonds. The van der Waals surface area contributed by atoms with Crippen LogP contribution in [0.4, 0.5) is 5.69 Å². The van der Waals surface area contributed by atoms with Gasteiger partial charge in [0.25, 0.3) is 0 Å². The van der Waals surface area contributed by atoms with Gasteiger partial charge < -0.3 is 5.32 Å². The van der Waals surface area contributed by atoms with Gasteiger partial charge in [0.2, 0.25) is 5.91 Å². The molecule has 0 saturated carbocycles. The van der Waals surface area contributed by atoms with Crippen molar-refractivity contribution in [2.75, 3.05) is 25.0 Å². The minimum Gasteiger partial charge on any atom is -0.325 e. The van der Waals surface area contributed by atoms with Crippen LogP contribution in [0.1, 0.15) is 30.1 Å². The molecule has 1 aliphatic heterocycles. The SMILES string of the molecule is Cc1cccc(NC(=O)CN2CCC(c3nnc4ccccn34)CC2)c1. The maximum absolute atomic E-state index is 12.3. The fraction of sp³-hybridized carbons (Fsp3) is 0.350. The number of pyridine rings is 1. The smallest absolute Gasteiger partial charge is 0.238 e. The largest absolute Gasteiger partial charge is 0.325 e. The van der Waals surface area contributed by atoms with Crippen LogP contribution >= 0.6 is 0 Å². The van der Waals surface area contributed by atoms with Gasteiger partial charge in [-0.3, -0.25) is 14.1 Å². The van der Waals surface area contributed by atoms with Gasteiger partial charge in [-0.05, 0) is 62.7 Å². The molecular weight excluding hydrogens is 326 g/mol. The van der Waals surface area contributed by atoms with Crippen molar-refractivity contribution in [3.8, 4) is 0 Å². The Morgan fingerprint density at radius 1 is 1.15 bits per heavy atom. The Morgan fingerprint density at radius 2 is 2.00 bits per heavy atom. The van der Waals surface area contributed by atoms with Gasteiger partial charge in [0, 0.05) is 17.8 Å². The summed E-state index contributed by atoms with van der Waals surface area (Å²) in [5.74, 6) is 1.47. The highest BCUT2D eigenvalue weighted by Crippen LogP contribution is 2.27. The summed E-state index contributed by atoms with van der Waals surface area (Å²) in [5, 5.41) is 11.6. The lowest BCUT2D eigenvalue weighted by atomic mass is 9.96. The van der Waals surface area contributed by atoms with Crippen molar-refractivity contribution in [1.82, 2.24) is 19.5 Å². The first-order valence-electron chi connectivity index (χ1n) is 9.07. The molecule has 1 saturated heterocycles. The first-order chi connectivity index (χ1) is 12.7. The van der Waals surface area contributed by atoms with Gasteiger partial charge in [-0.15, -0.1) is 10.2 Å². The Labute approximate surface area is 152 Å². The molecule has 1 N–H and O–H groups in total. The van der Waals surface area contributed by atoms with E-state index in [0.29, 0.717) is 12.5 Å². The number of fused-ring (bicyclic) bond motifs is 1. The van der Waals surface area contributed by atoms with E-state index in [-0.39, 0.29) is 5.91 Å². The molecule has 0 radical (unpaired) electrons. The number of anilines is 1. The van der Waals surface area contributed by atoms with Crippen molar-refractivity contribution in [3.05, 3.63) is 60.0 Å². The van der Waals surface area contributed by atoms with Gasteiger partial charge in [0.15, 0.2) is 5.65 Å². The van der Waals surface area contributed by atoms with Crippen molar-refractivity contribution in [2.24, 2.45) is 0 Å². The third-order valence-electron chi connectivity index (χ3n) is 4.96. The first kappa shape index (κ1) is 16.7. The molecule has 1 fully saturated rings. The number of likely N-dealkylation sites (tertiary alicyclic amines) is 1. The zero-order chi connectivity index (χ0) is 17.9. The molecule has 6 nitrogen and oxygen atoms in total. The molecule has 0 aliphatic carbocycles. The maximum atomic E-state index is 12.3. The average molecular weight is 349 g/mol. The summed E-state index contributed by atoms with van der Waals surface area (Å²) < 4.78 is 2.07. The number of benzene rings is 1. The summed E-state index contributed by atoms with van der Waals surface area (Å²) in [6, 6.07) is 13.8. The number of hydrogen-bond acceptors (Lipinski definition) is 4. The van der Waals surface area contributed by atoms with Crippen LogP contribution in [0.15, 0.2) is 48.7 Å². The number of carbonyl (C=O) groups is 1. The minimum absolute atomic E-state index is 0.0435. The molecule has 0 bridgehead atoms.